The molecule has 3 unspecified atom stereocenters. The van der Waals surface area contributed by atoms with Gasteiger partial charge in [-0.3, -0.25) is 4.79 Å². The lowest BCUT2D eigenvalue weighted by Gasteiger charge is -2.21. The smallest absolute Gasteiger partial charge is 0.224 e. The van der Waals surface area contributed by atoms with Crippen LogP contribution in [-0.2, 0) is 4.79 Å². The third-order valence-corrected chi connectivity index (χ3v) is 3.23. The molecule has 0 spiro atoms. The fourth-order valence-corrected chi connectivity index (χ4v) is 1.77. The second kappa shape index (κ2) is 8.07. The Bertz CT molecular complexity index is 455. The summed E-state index contributed by atoms with van der Waals surface area (Å²) < 4.78 is 19.0. The summed E-state index contributed by atoms with van der Waals surface area (Å²) in [6.45, 7) is 5.22. The topological polar surface area (TPSA) is 64.3 Å². The number of hydrogen-bond donors (Lipinski definition) is 2. The van der Waals surface area contributed by atoms with Crippen molar-refractivity contribution in [3.05, 3.63) is 29.6 Å². The lowest BCUT2D eigenvalue weighted by molar-refractivity contribution is -0.125. The number of carbonyl (C=O) groups is 1. The van der Waals surface area contributed by atoms with Gasteiger partial charge in [0.25, 0.3) is 0 Å². The SMILES string of the molecule is COc1cccc(F)c1C(C)NC(=O)C(C)C(C)N.Cl. The van der Waals surface area contributed by atoms with Crippen LogP contribution < -0.4 is 15.8 Å². The minimum Gasteiger partial charge on any atom is -0.496 e. The van der Waals surface area contributed by atoms with Crippen LogP contribution in [0.15, 0.2) is 18.2 Å². The molecule has 1 rings (SSSR count). The van der Waals surface area contributed by atoms with E-state index in [0.29, 0.717) is 11.3 Å². The summed E-state index contributed by atoms with van der Waals surface area (Å²) in [5.41, 5.74) is 6.02. The van der Waals surface area contributed by atoms with Crippen molar-refractivity contribution in [3.63, 3.8) is 0 Å². The summed E-state index contributed by atoms with van der Waals surface area (Å²) >= 11 is 0. The second-order valence-electron chi connectivity index (χ2n) is 4.73. The number of nitrogens with two attached hydrogens (primary N) is 1. The quantitative estimate of drug-likeness (QED) is 0.878. The first kappa shape index (κ1) is 18.7. The second-order valence-corrected chi connectivity index (χ2v) is 4.73. The van der Waals surface area contributed by atoms with E-state index in [4.69, 9.17) is 10.5 Å². The molecule has 0 aliphatic rings. The number of benzene rings is 1. The van der Waals surface area contributed by atoms with Crippen molar-refractivity contribution in [2.75, 3.05) is 7.11 Å². The molecule has 0 aliphatic carbocycles. The van der Waals surface area contributed by atoms with E-state index in [9.17, 15) is 9.18 Å². The van der Waals surface area contributed by atoms with E-state index >= 15 is 0 Å². The third kappa shape index (κ3) is 4.35. The van der Waals surface area contributed by atoms with Gasteiger partial charge in [0, 0.05) is 12.0 Å². The highest BCUT2D eigenvalue weighted by molar-refractivity contribution is 5.85. The third-order valence-electron chi connectivity index (χ3n) is 3.23. The molecule has 1 amide bonds. The van der Waals surface area contributed by atoms with Crippen LogP contribution in [0.25, 0.3) is 0 Å². The molecule has 20 heavy (non-hydrogen) atoms. The first-order valence-electron chi connectivity index (χ1n) is 6.26. The maximum Gasteiger partial charge on any atom is 0.224 e. The van der Waals surface area contributed by atoms with Crippen LogP contribution in [0.4, 0.5) is 4.39 Å². The Kier molecular flexibility index (Phi) is 7.53. The van der Waals surface area contributed by atoms with Gasteiger partial charge in [-0.25, -0.2) is 4.39 Å². The standard InChI is InChI=1S/C14H21FN2O2.ClH/c1-8(9(2)16)14(18)17-10(3)13-11(15)6-5-7-12(13)19-4;/h5-10H,16H2,1-4H3,(H,17,18);1H. The predicted molar refractivity (Wildman–Crippen MR) is 79.6 cm³/mol. The summed E-state index contributed by atoms with van der Waals surface area (Å²) in [7, 11) is 1.47. The highest BCUT2D eigenvalue weighted by Gasteiger charge is 2.22. The van der Waals surface area contributed by atoms with E-state index in [-0.39, 0.29) is 30.3 Å². The van der Waals surface area contributed by atoms with Crippen LogP contribution in [0.5, 0.6) is 5.75 Å². The van der Waals surface area contributed by atoms with Crippen molar-refractivity contribution in [2.24, 2.45) is 11.7 Å². The lowest BCUT2D eigenvalue weighted by atomic mass is 10.0. The molecule has 0 saturated carbocycles. The zero-order valence-corrected chi connectivity index (χ0v) is 13.0. The number of rotatable bonds is 5. The van der Waals surface area contributed by atoms with Crippen molar-refractivity contribution in [2.45, 2.75) is 32.9 Å². The normalized spacial score (nSPS) is 14.7. The first-order valence-corrected chi connectivity index (χ1v) is 6.26. The van der Waals surface area contributed by atoms with Gasteiger partial charge in [0.05, 0.1) is 18.7 Å². The van der Waals surface area contributed by atoms with Crippen LogP contribution in [0.1, 0.15) is 32.4 Å². The van der Waals surface area contributed by atoms with Gasteiger partial charge in [0.2, 0.25) is 5.91 Å². The predicted octanol–water partition coefficient (Wildman–Crippen LogP) is 2.42. The van der Waals surface area contributed by atoms with E-state index in [1.165, 1.54) is 13.2 Å². The van der Waals surface area contributed by atoms with Crippen LogP contribution in [0, 0.1) is 11.7 Å². The van der Waals surface area contributed by atoms with Gasteiger partial charge in [-0.05, 0) is 26.0 Å². The number of methoxy groups -OCH3 is 1. The molecular formula is C14H22ClFN2O2. The van der Waals surface area contributed by atoms with Gasteiger partial charge >= 0.3 is 0 Å². The molecule has 0 aromatic heterocycles. The molecular weight excluding hydrogens is 283 g/mol. The van der Waals surface area contributed by atoms with E-state index in [1.807, 2.05) is 0 Å². The fourth-order valence-electron chi connectivity index (χ4n) is 1.77. The zero-order valence-electron chi connectivity index (χ0n) is 12.1. The zero-order chi connectivity index (χ0) is 14.6. The highest BCUT2D eigenvalue weighted by Crippen LogP contribution is 2.27. The van der Waals surface area contributed by atoms with Crippen molar-refractivity contribution in [1.82, 2.24) is 5.32 Å². The molecule has 0 bridgehead atoms. The largest absolute Gasteiger partial charge is 0.496 e. The molecule has 0 aliphatic heterocycles. The molecule has 4 nitrogen and oxygen atoms in total. The van der Waals surface area contributed by atoms with Gasteiger partial charge in [-0.1, -0.05) is 13.0 Å². The summed E-state index contributed by atoms with van der Waals surface area (Å²) in [4.78, 5) is 11.9. The molecule has 3 atom stereocenters. The van der Waals surface area contributed by atoms with Gasteiger partial charge in [0.1, 0.15) is 11.6 Å². The molecule has 6 heteroatoms. The minimum atomic E-state index is -0.482. The lowest BCUT2D eigenvalue weighted by Crippen LogP contribution is -2.39. The van der Waals surface area contributed by atoms with Gasteiger partial charge in [-0.2, -0.15) is 0 Å². The molecule has 0 saturated heterocycles. The van der Waals surface area contributed by atoms with E-state index in [2.05, 4.69) is 5.32 Å². The number of halogens is 2. The molecule has 0 heterocycles. The summed E-state index contributed by atoms with van der Waals surface area (Å²) in [6, 6.07) is 3.84. The Morgan fingerprint density at radius 2 is 1.95 bits per heavy atom. The van der Waals surface area contributed by atoms with Crippen LogP contribution in [0.3, 0.4) is 0 Å². The van der Waals surface area contributed by atoms with Crippen LogP contribution in [-0.4, -0.2) is 19.1 Å². The van der Waals surface area contributed by atoms with E-state index < -0.39 is 11.9 Å². The molecule has 1 aromatic carbocycles. The van der Waals surface area contributed by atoms with Gasteiger partial charge in [0.15, 0.2) is 0 Å². The van der Waals surface area contributed by atoms with E-state index in [1.54, 1.807) is 32.9 Å². The average molecular weight is 305 g/mol. The molecule has 3 N–H and O–H groups in total. The summed E-state index contributed by atoms with van der Waals surface area (Å²) in [5.74, 6) is -0.519. The number of hydrogen-bond acceptors (Lipinski definition) is 3. The van der Waals surface area contributed by atoms with Gasteiger partial charge in [-0.15, -0.1) is 12.4 Å². The highest BCUT2D eigenvalue weighted by atomic mass is 35.5. The summed E-state index contributed by atoms with van der Waals surface area (Å²) in [5, 5.41) is 2.75. The van der Waals surface area contributed by atoms with Crippen LogP contribution in [0.2, 0.25) is 0 Å². The average Bonchev–Trinajstić information content (AvgIpc) is 2.36. The molecule has 1 aromatic rings. The Morgan fingerprint density at radius 1 is 1.35 bits per heavy atom. The van der Waals surface area contributed by atoms with Crippen LogP contribution >= 0.6 is 12.4 Å². The number of carbonyl (C=O) groups excluding carboxylic acids is 1. The minimum absolute atomic E-state index is 0. The first-order chi connectivity index (χ1) is 8.88. The molecule has 0 fully saturated rings. The maximum absolute atomic E-state index is 13.8. The maximum atomic E-state index is 13.8. The van der Waals surface area contributed by atoms with E-state index in [0.717, 1.165) is 0 Å². The Balaban J connectivity index is 0.00000361. The summed E-state index contributed by atoms with van der Waals surface area (Å²) in [6.07, 6.45) is 0. The number of ether oxygens (including phenoxy) is 1. The number of amides is 1. The number of nitrogens with one attached hydrogen (secondary N) is 1. The molecule has 0 radical (unpaired) electrons. The van der Waals surface area contributed by atoms with Crippen molar-refractivity contribution < 1.29 is 13.9 Å². The van der Waals surface area contributed by atoms with Crippen molar-refractivity contribution in [3.8, 4) is 5.75 Å². The Morgan fingerprint density at radius 3 is 2.45 bits per heavy atom. The van der Waals surface area contributed by atoms with Gasteiger partial charge < -0.3 is 15.8 Å². The van der Waals surface area contributed by atoms with Crippen molar-refractivity contribution in [1.29, 1.82) is 0 Å². The monoisotopic (exact) mass is 304 g/mol. The Labute approximate surface area is 125 Å². The van der Waals surface area contributed by atoms with Crippen molar-refractivity contribution >= 4 is 18.3 Å². The Hall–Kier alpha value is -1.33. The fraction of sp³-hybridized carbons (Fsp3) is 0.500. The molecule has 114 valence electrons.